The van der Waals surface area contributed by atoms with Crippen LogP contribution in [0.5, 0.6) is 5.75 Å². The second kappa shape index (κ2) is 10.3. The Hall–Kier alpha value is -3.56. The molecule has 0 aliphatic heterocycles. The average molecular weight is 424 g/mol. The van der Waals surface area contributed by atoms with E-state index in [-0.39, 0.29) is 5.69 Å². The highest BCUT2D eigenvalue weighted by atomic mass is 19.4. The normalized spacial score (nSPS) is 10.8. The summed E-state index contributed by atoms with van der Waals surface area (Å²) in [7, 11) is 0. The second-order valence-electron chi connectivity index (χ2n) is 5.92. The van der Waals surface area contributed by atoms with Crippen molar-refractivity contribution < 1.29 is 37.0 Å². The van der Waals surface area contributed by atoms with Crippen molar-refractivity contribution in [2.75, 3.05) is 25.1 Å². The first-order chi connectivity index (χ1) is 14.2. The van der Waals surface area contributed by atoms with Gasteiger partial charge in [0.25, 0.3) is 11.8 Å². The number of alkyl halides is 3. The van der Waals surface area contributed by atoms with Gasteiger partial charge >= 0.3 is 12.1 Å². The minimum absolute atomic E-state index is 0.118. The summed E-state index contributed by atoms with van der Waals surface area (Å²) < 4.78 is 47.5. The lowest BCUT2D eigenvalue weighted by molar-refractivity contribution is -0.146. The molecule has 30 heavy (non-hydrogen) atoms. The molecule has 0 atom stereocenters. The highest BCUT2D eigenvalue weighted by molar-refractivity contribution is 5.96. The van der Waals surface area contributed by atoms with Crippen molar-refractivity contribution in [3.63, 3.8) is 0 Å². The van der Waals surface area contributed by atoms with E-state index in [1.54, 1.807) is 12.1 Å². The molecule has 0 radical (unpaired) electrons. The maximum absolute atomic E-state index is 12.5. The fourth-order valence-electron chi connectivity index (χ4n) is 2.26. The number of carbonyl (C=O) groups is 3. The van der Waals surface area contributed by atoms with E-state index in [0.29, 0.717) is 17.9 Å². The summed E-state index contributed by atoms with van der Waals surface area (Å²) in [6.07, 6.45) is -4.48. The highest BCUT2D eigenvalue weighted by Crippen LogP contribution is 2.29. The number of amides is 2. The molecule has 2 aromatic rings. The third-order valence-electron chi connectivity index (χ3n) is 3.68. The van der Waals surface area contributed by atoms with Crippen molar-refractivity contribution in [3.05, 3.63) is 59.7 Å². The van der Waals surface area contributed by atoms with Crippen LogP contribution in [0.2, 0.25) is 0 Å². The van der Waals surface area contributed by atoms with Crippen LogP contribution >= 0.6 is 0 Å². The molecule has 0 unspecified atom stereocenters. The highest BCUT2D eigenvalue weighted by Gasteiger charge is 2.30. The summed E-state index contributed by atoms with van der Waals surface area (Å²) in [6.45, 7) is 1.21. The Morgan fingerprint density at radius 2 is 1.60 bits per heavy atom. The van der Waals surface area contributed by atoms with Crippen LogP contribution in [-0.4, -0.2) is 37.5 Å². The topological polar surface area (TPSA) is 93.7 Å². The largest absolute Gasteiger partial charge is 0.494 e. The van der Waals surface area contributed by atoms with Gasteiger partial charge in [0.2, 0.25) is 0 Å². The van der Waals surface area contributed by atoms with E-state index >= 15 is 0 Å². The molecule has 0 aliphatic carbocycles. The zero-order valence-corrected chi connectivity index (χ0v) is 15.9. The van der Waals surface area contributed by atoms with Gasteiger partial charge in [-0.3, -0.25) is 14.4 Å². The summed E-state index contributed by atoms with van der Waals surface area (Å²) in [5, 5.41) is 4.65. The Kier molecular flexibility index (Phi) is 7.79. The molecular formula is C20H19F3N2O5. The fourth-order valence-corrected chi connectivity index (χ4v) is 2.26. The van der Waals surface area contributed by atoms with Crippen LogP contribution in [0.4, 0.5) is 18.9 Å². The van der Waals surface area contributed by atoms with Gasteiger partial charge in [-0.2, -0.15) is 13.2 Å². The number of hydrogen-bond donors (Lipinski definition) is 2. The Balaban J connectivity index is 1.73. The lowest BCUT2D eigenvalue weighted by atomic mass is 10.2. The molecule has 0 heterocycles. The Morgan fingerprint density at radius 3 is 2.17 bits per heavy atom. The number of esters is 1. The lowest BCUT2D eigenvalue weighted by Gasteiger charge is -2.09. The number of halogens is 3. The van der Waals surface area contributed by atoms with Crippen LogP contribution in [-0.2, 0) is 20.5 Å². The summed E-state index contributed by atoms with van der Waals surface area (Å²) >= 11 is 0. The molecule has 2 aromatic carbocycles. The van der Waals surface area contributed by atoms with Gasteiger partial charge in [-0.05, 0) is 55.5 Å². The molecule has 160 valence electrons. The lowest BCUT2D eigenvalue weighted by Crippen LogP contribution is -2.32. The zero-order valence-electron chi connectivity index (χ0n) is 15.9. The summed E-state index contributed by atoms with van der Waals surface area (Å²) in [6, 6.07) is 10.1. The van der Waals surface area contributed by atoms with E-state index in [4.69, 9.17) is 9.47 Å². The van der Waals surface area contributed by atoms with Gasteiger partial charge in [0, 0.05) is 11.3 Å². The molecule has 0 fully saturated rings. The first kappa shape index (κ1) is 22.7. The maximum atomic E-state index is 12.5. The predicted molar refractivity (Wildman–Crippen MR) is 101 cm³/mol. The quantitative estimate of drug-likeness (QED) is 0.636. The van der Waals surface area contributed by atoms with Crippen molar-refractivity contribution in [2.45, 2.75) is 13.1 Å². The number of rotatable bonds is 8. The number of benzene rings is 2. The van der Waals surface area contributed by atoms with E-state index in [1.807, 2.05) is 6.92 Å². The van der Waals surface area contributed by atoms with Crippen LogP contribution in [0, 0.1) is 0 Å². The van der Waals surface area contributed by atoms with Crippen LogP contribution < -0.4 is 15.4 Å². The first-order valence-electron chi connectivity index (χ1n) is 8.83. The Morgan fingerprint density at radius 1 is 0.967 bits per heavy atom. The molecule has 0 spiro atoms. The van der Waals surface area contributed by atoms with Gasteiger partial charge in [-0.1, -0.05) is 0 Å². The van der Waals surface area contributed by atoms with Gasteiger partial charge < -0.3 is 20.1 Å². The molecule has 0 bridgehead atoms. The molecule has 0 saturated carbocycles. The summed E-state index contributed by atoms with van der Waals surface area (Å²) in [4.78, 5) is 35.4. The van der Waals surface area contributed by atoms with Gasteiger partial charge in [0.15, 0.2) is 6.61 Å². The summed E-state index contributed by atoms with van der Waals surface area (Å²) in [5.74, 6) is -1.49. The standard InChI is InChI=1S/C20H19F3N2O5/c1-2-29-16-9-3-13(4-10-16)19(28)24-11-18(27)30-12-17(26)25-15-7-5-14(6-8-15)20(21,22)23/h3-10H,2,11-12H2,1H3,(H,24,28)(H,25,26). The fraction of sp³-hybridized carbons (Fsp3) is 0.250. The number of ether oxygens (including phenoxy) is 2. The molecule has 7 nitrogen and oxygen atoms in total. The molecule has 2 rings (SSSR count). The van der Waals surface area contributed by atoms with Crippen LogP contribution in [0.1, 0.15) is 22.8 Å². The minimum Gasteiger partial charge on any atom is -0.494 e. The average Bonchev–Trinajstić information content (AvgIpc) is 2.71. The van der Waals surface area contributed by atoms with Gasteiger partial charge in [0.05, 0.1) is 12.2 Å². The van der Waals surface area contributed by atoms with Gasteiger partial charge in [-0.15, -0.1) is 0 Å². The molecule has 0 saturated heterocycles. The molecule has 2 amide bonds. The van der Waals surface area contributed by atoms with Crippen molar-refractivity contribution in [3.8, 4) is 5.75 Å². The molecular weight excluding hydrogens is 405 g/mol. The third-order valence-corrected chi connectivity index (χ3v) is 3.68. The molecule has 0 aliphatic rings. The molecule has 10 heteroatoms. The number of carbonyl (C=O) groups excluding carboxylic acids is 3. The number of anilines is 1. The maximum Gasteiger partial charge on any atom is 0.416 e. The van der Waals surface area contributed by atoms with Crippen molar-refractivity contribution in [2.24, 2.45) is 0 Å². The number of nitrogens with one attached hydrogen (secondary N) is 2. The van der Waals surface area contributed by atoms with Gasteiger partial charge in [-0.25, -0.2) is 0 Å². The Labute approximate surface area is 170 Å². The van der Waals surface area contributed by atoms with Gasteiger partial charge in [0.1, 0.15) is 12.3 Å². The first-order valence-corrected chi connectivity index (χ1v) is 8.83. The van der Waals surface area contributed by atoms with E-state index < -0.39 is 42.7 Å². The smallest absolute Gasteiger partial charge is 0.416 e. The Bertz CT molecular complexity index is 881. The van der Waals surface area contributed by atoms with E-state index in [1.165, 1.54) is 12.1 Å². The van der Waals surface area contributed by atoms with E-state index in [0.717, 1.165) is 24.3 Å². The van der Waals surface area contributed by atoms with E-state index in [2.05, 4.69) is 10.6 Å². The van der Waals surface area contributed by atoms with Crippen LogP contribution in [0.15, 0.2) is 48.5 Å². The van der Waals surface area contributed by atoms with Crippen molar-refractivity contribution >= 4 is 23.5 Å². The second-order valence-corrected chi connectivity index (χ2v) is 5.92. The summed E-state index contributed by atoms with van der Waals surface area (Å²) in [5.41, 5.74) is -0.422. The zero-order chi connectivity index (χ0) is 22.1. The van der Waals surface area contributed by atoms with Crippen molar-refractivity contribution in [1.29, 1.82) is 0 Å². The van der Waals surface area contributed by atoms with Crippen LogP contribution in [0.25, 0.3) is 0 Å². The SMILES string of the molecule is CCOc1ccc(C(=O)NCC(=O)OCC(=O)Nc2ccc(C(F)(F)F)cc2)cc1. The third kappa shape index (κ3) is 7.12. The molecule has 2 N–H and O–H groups in total. The van der Waals surface area contributed by atoms with E-state index in [9.17, 15) is 27.6 Å². The van der Waals surface area contributed by atoms with Crippen LogP contribution in [0.3, 0.4) is 0 Å². The predicted octanol–water partition coefficient (Wildman–Crippen LogP) is 3.02. The minimum atomic E-state index is -4.48. The number of hydrogen-bond acceptors (Lipinski definition) is 5. The van der Waals surface area contributed by atoms with Crippen molar-refractivity contribution in [1.82, 2.24) is 5.32 Å². The molecule has 0 aromatic heterocycles. The monoisotopic (exact) mass is 424 g/mol.